The minimum atomic E-state index is 0.00247. The molecule has 0 bridgehead atoms. The smallest absolute Gasteiger partial charge is 0.253 e. The number of aromatic nitrogens is 3. The lowest BCUT2D eigenvalue weighted by Crippen LogP contribution is -2.48. The fourth-order valence-electron chi connectivity index (χ4n) is 5.50. The van der Waals surface area contributed by atoms with E-state index in [1.54, 1.807) is 18.7 Å². The number of piperidine rings is 1. The molecule has 4 rings (SSSR count). The molecule has 0 spiro atoms. The number of hydrogen-bond donors (Lipinski definition) is 1. The SMILES string of the molecule is CCCCCC1CCCN(C[C@@H]2CCCC[C@H]2NC(=O)c2ccc(-n3ccnc3)nc2)C1. The summed E-state index contributed by atoms with van der Waals surface area (Å²) in [6.45, 7) is 5.89. The van der Waals surface area contributed by atoms with E-state index < -0.39 is 0 Å². The average Bonchev–Trinajstić information content (AvgIpc) is 3.36. The standard InChI is InChI=1S/C26H39N5O/c1-2-3-4-8-21-9-7-15-30(18-21)19-23-10-5-6-11-24(23)29-26(32)22-12-13-25(28-17-22)31-16-14-27-20-31/h12-14,16-17,20-21,23-24H,2-11,15,18-19H2,1H3,(H,29,32)/t21?,23-,24+/m0/s1. The average molecular weight is 438 g/mol. The number of rotatable bonds is 9. The lowest BCUT2D eigenvalue weighted by atomic mass is 9.83. The topological polar surface area (TPSA) is 63.1 Å². The van der Waals surface area contributed by atoms with Gasteiger partial charge in [-0.3, -0.25) is 9.36 Å². The zero-order valence-corrected chi connectivity index (χ0v) is 19.6. The van der Waals surface area contributed by atoms with Gasteiger partial charge >= 0.3 is 0 Å². The van der Waals surface area contributed by atoms with Crippen LogP contribution in [0.4, 0.5) is 0 Å². The van der Waals surface area contributed by atoms with Crippen LogP contribution in [0.3, 0.4) is 0 Å². The highest BCUT2D eigenvalue weighted by atomic mass is 16.1. The third-order valence-electron chi connectivity index (χ3n) is 7.32. The van der Waals surface area contributed by atoms with E-state index in [1.807, 2.05) is 22.9 Å². The molecule has 6 heteroatoms. The van der Waals surface area contributed by atoms with Crippen molar-refractivity contribution in [2.24, 2.45) is 11.8 Å². The molecule has 1 saturated heterocycles. The number of nitrogens with zero attached hydrogens (tertiary/aromatic N) is 4. The Labute approximate surface area is 192 Å². The van der Waals surface area contributed by atoms with Gasteiger partial charge in [0.1, 0.15) is 12.1 Å². The Kier molecular flexibility index (Phi) is 8.32. The van der Waals surface area contributed by atoms with Crippen molar-refractivity contribution < 1.29 is 4.79 Å². The fraction of sp³-hybridized carbons (Fsp3) is 0.654. The van der Waals surface area contributed by atoms with Crippen molar-refractivity contribution in [2.45, 2.75) is 77.2 Å². The number of likely N-dealkylation sites (tertiary alicyclic amines) is 1. The van der Waals surface area contributed by atoms with E-state index >= 15 is 0 Å². The van der Waals surface area contributed by atoms with E-state index in [1.165, 1.54) is 70.9 Å². The summed E-state index contributed by atoms with van der Waals surface area (Å²) >= 11 is 0. The molecule has 3 heterocycles. The highest BCUT2D eigenvalue weighted by Crippen LogP contribution is 2.28. The van der Waals surface area contributed by atoms with Crippen molar-refractivity contribution >= 4 is 5.91 Å². The second-order valence-electron chi connectivity index (χ2n) is 9.76. The molecule has 1 saturated carbocycles. The number of hydrogen-bond acceptors (Lipinski definition) is 4. The summed E-state index contributed by atoms with van der Waals surface area (Å²) in [6.07, 6.45) is 19.9. The number of carbonyl (C=O) groups is 1. The third kappa shape index (κ3) is 6.18. The molecule has 6 nitrogen and oxygen atoms in total. The summed E-state index contributed by atoms with van der Waals surface area (Å²) < 4.78 is 1.84. The Morgan fingerprint density at radius 3 is 2.84 bits per heavy atom. The van der Waals surface area contributed by atoms with E-state index in [2.05, 4.69) is 27.1 Å². The second kappa shape index (κ2) is 11.6. The summed E-state index contributed by atoms with van der Waals surface area (Å²) in [5.41, 5.74) is 0.632. The van der Waals surface area contributed by atoms with Crippen molar-refractivity contribution in [1.29, 1.82) is 0 Å². The quantitative estimate of drug-likeness (QED) is 0.570. The van der Waals surface area contributed by atoms with Crippen molar-refractivity contribution in [3.05, 3.63) is 42.6 Å². The molecule has 32 heavy (non-hydrogen) atoms. The molecule has 1 N–H and O–H groups in total. The minimum Gasteiger partial charge on any atom is -0.349 e. The maximum absolute atomic E-state index is 13.0. The van der Waals surface area contributed by atoms with Crippen LogP contribution in [-0.2, 0) is 0 Å². The molecule has 1 unspecified atom stereocenters. The van der Waals surface area contributed by atoms with Crippen LogP contribution in [0.5, 0.6) is 0 Å². The first-order valence-corrected chi connectivity index (χ1v) is 12.7. The van der Waals surface area contributed by atoms with Crippen LogP contribution in [-0.4, -0.2) is 51.0 Å². The van der Waals surface area contributed by atoms with E-state index in [-0.39, 0.29) is 11.9 Å². The summed E-state index contributed by atoms with van der Waals surface area (Å²) in [5, 5.41) is 3.36. The molecule has 1 amide bonds. The van der Waals surface area contributed by atoms with Gasteiger partial charge in [0.25, 0.3) is 5.91 Å². The van der Waals surface area contributed by atoms with Crippen molar-refractivity contribution in [3.8, 4) is 5.82 Å². The monoisotopic (exact) mass is 437 g/mol. The Morgan fingerprint density at radius 2 is 2.06 bits per heavy atom. The third-order valence-corrected chi connectivity index (χ3v) is 7.32. The number of nitrogens with one attached hydrogen (secondary N) is 1. The molecular weight excluding hydrogens is 398 g/mol. The molecule has 2 fully saturated rings. The Morgan fingerprint density at radius 1 is 1.16 bits per heavy atom. The maximum Gasteiger partial charge on any atom is 0.253 e. The first-order chi connectivity index (χ1) is 15.7. The summed E-state index contributed by atoms with van der Waals surface area (Å²) in [6, 6.07) is 4.01. The number of carbonyl (C=O) groups excluding carboxylic acids is 1. The van der Waals surface area contributed by atoms with Gasteiger partial charge in [-0.15, -0.1) is 0 Å². The van der Waals surface area contributed by atoms with Gasteiger partial charge in [0, 0.05) is 37.7 Å². The highest BCUT2D eigenvalue weighted by Gasteiger charge is 2.30. The van der Waals surface area contributed by atoms with Crippen LogP contribution < -0.4 is 5.32 Å². The van der Waals surface area contributed by atoms with Crippen molar-refractivity contribution in [2.75, 3.05) is 19.6 Å². The molecule has 2 aliphatic rings. The summed E-state index contributed by atoms with van der Waals surface area (Å²) in [4.78, 5) is 24.1. The van der Waals surface area contributed by atoms with Crippen LogP contribution in [0.15, 0.2) is 37.1 Å². The molecule has 0 aromatic carbocycles. The molecule has 1 aliphatic heterocycles. The predicted octanol–water partition coefficient (Wildman–Crippen LogP) is 4.85. The van der Waals surface area contributed by atoms with E-state index in [0.717, 1.165) is 24.7 Å². The molecule has 0 radical (unpaired) electrons. The Balaban J connectivity index is 1.31. The molecule has 2 aromatic heterocycles. The lowest BCUT2D eigenvalue weighted by molar-refractivity contribution is 0.0852. The van der Waals surface area contributed by atoms with Crippen molar-refractivity contribution in [3.63, 3.8) is 0 Å². The zero-order chi connectivity index (χ0) is 22.2. The van der Waals surface area contributed by atoms with Gasteiger partial charge in [0.05, 0.1) is 5.56 Å². The van der Waals surface area contributed by atoms with Gasteiger partial charge in [-0.25, -0.2) is 9.97 Å². The van der Waals surface area contributed by atoms with Crippen LogP contribution in [0.25, 0.3) is 5.82 Å². The van der Waals surface area contributed by atoms with Crippen LogP contribution in [0.2, 0.25) is 0 Å². The van der Waals surface area contributed by atoms with Gasteiger partial charge in [-0.05, 0) is 62.6 Å². The summed E-state index contributed by atoms with van der Waals surface area (Å²) in [5.74, 6) is 2.20. The predicted molar refractivity (Wildman–Crippen MR) is 128 cm³/mol. The van der Waals surface area contributed by atoms with Crippen molar-refractivity contribution in [1.82, 2.24) is 24.8 Å². The fourth-order valence-corrected chi connectivity index (χ4v) is 5.50. The Hall–Kier alpha value is -2.21. The lowest BCUT2D eigenvalue weighted by Gasteiger charge is -2.39. The van der Waals surface area contributed by atoms with Crippen LogP contribution in [0.1, 0.15) is 81.5 Å². The van der Waals surface area contributed by atoms with Crippen LogP contribution in [0, 0.1) is 11.8 Å². The zero-order valence-electron chi connectivity index (χ0n) is 19.6. The minimum absolute atomic E-state index is 0.00247. The van der Waals surface area contributed by atoms with E-state index in [9.17, 15) is 4.79 Å². The first-order valence-electron chi connectivity index (χ1n) is 12.7. The number of unbranched alkanes of at least 4 members (excludes halogenated alkanes) is 2. The van der Waals surface area contributed by atoms with Gasteiger partial charge in [-0.1, -0.05) is 39.0 Å². The number of amides is 1. The molecular formula is C26H39N5O. The van der Waals surface area contributed by atoms with E-state index in [0.29, 0.717) is 11.5 Å². The number of imidazole rings is 1. The van der Waals surface area contributed by atoms with E-state index in [4.69, 9.17) is 0 Å². The largest absolute Gasteiger partial charge is 0.349 e. The van der Waals surface area contributed by atoms with Gasteiger partial charge in [-0.2, -0.15) is 0 Å². The molecule has 3 atom stereocenters. The second-order valence-corrected chi connectivity index (χ2v) is 9.76. The molecule has 174 valence electrons. The number of pyridine rings is 1. The van der Waals surface area contributed by atoms with Gasteiger partial charge < -0.3 is 10.2 Å². The first kappa shape index (κ1) is 23.0. The molecule has 2 aromatic rings. The Bertz CT molecular complexity index is 819. The summed E-state index contributed by atoms with van der Waals surface area (Å²) in [7, 11) is 0. The maximum atomic E-state index is 13.0. The molecule has 1 aliphatic carbocycles. The van der Waals surface area contributed by atoms with Gasteiger partial charge in [0.2, 0.25) is 0 Å². The van der Waals surface area contributed by atoms with Gasteiger partial charge in [0.15, 0.2) is 0 Å². The highest BCUT2D eigenvalue weighted by molar-refractivity contribution is 5.94. The normalized spacial score (nSPS) is 24.3. The van der Waals surface area contributed by atoms with Crippen LogP contribution >= 0.6 is 0 Å².